The molecule has 0 bridgehead atoms. The molecule has 0 spiro atoms. The molecule has 0 radical (unpaired) electrons. The van der Waals surface area contributed by atoms with Crippen molar-refractivity contribution >= 4 is 45.9 Å². The lowest BCUT2D eigenvalue weighted by molar-refractivity contribution is 0.0698. The molecule has 1 heterocycles. The normalized spacial score (nSPS) is 10.7. The molecule has 3 N–H and O–H groups in total. The fourth-order valence-electron chi connectivity index (χ4n) is 3.19. The summed E-state index contributed by atoms with van der Waals surface area (Å²) in [7, 11) is 0. The van der Waals surface area contributed by atoms with Crippen molar-refractivity contribution in [3.63, 3.8) is 0 Å². The predicted octanol–water partition coefficient (Wildman–Crippen LogP) is 4.98. The van der Waals surface area contributed by atoms with Crippen molar-refractivity contribution in [3.05, 3.63) is 94.5 Å². The summed E-state index contributed by atoms with van der Waals surface area (Å²) in [6, 6.07) is 15.8. The van der Waals surface area contributed by atoms with Crippen LogP contribution < -0.4 is 10.6 Å². The van der Waals surface area contributed by atoms with Gasteiger partial charge < -0.3 is 15.7 Å². The zero-order chi connectivity index (χ0) is 22.7. The number of carboxylic acids is 1. The van der Waals surface area contributed by atoms with Gasteiger partial charge in [-0.05, 0) is 48.0 Å². The van der Waals surface area contributed by atoms with Gasteiger partial charge >= 0.3 is 5.97 Å². The van der Waals surface area contributed by atoms with E-state index in [-0.39, 0.29) is 16.1 Å². The number of aromatic nitrogens is 2. The van der Waals surface area contributed by atoms with Crippen LogP contribution in [0.25, 0.3) is 10.9 Å². The van der Waals surface area contributed by atoms with Gasteiger partial charge in [0.15, 0.2) is 0 Å². The number of para-hydroxylation sites is 1. The molecule has 9 heteroatoms. The number of amides is 1. The highest BCUT2D eigenvalue weighted by atomic mass is 35.5. The molecular formula is C23H16ClFN4O3. The van der Waals surface area contributed by atoms with Gasteiger partial charge in [0.2, 0.25) is 0 Å². The van der Waals surface area contributed by atoms with E-state index in [1.807, 2.05) is 6.07 Å². The number of benzene rings is 3. The monoisotopic (exact) mass is 450 g/mol. The van der Waals surface area contributed by atoms with Crippen molar-refractivity contribution in [1.29, 1.82) is 0 Å². The number of hydrogen-bond donors (Lipinski definition) is 3. The van der Waals surface area contributed by atoms with E-state index >= 15 is 0 Å². The molecule has 0 saturated carbocycles. The van der Waals surface area contributed by atoms with Crippen LogP contribution in [-0.2, 0) is 6.54 Å². The Bertz CT molecular complexity index is 1350. The van der Waals surface area contributed by atoms with Crippen molar-refractivity contribution in [2.24, 2.45) is 0 Å². The molecule has 0 fully saturated rings. The maximum Gasteiger partial charge on any atom is 0.337 e. The van der Waals surface area contributed by atoms with E-state index in [0.717, 1.165) is 11.6 Å². The van der Waals surface area contributed by atoms with E-state index in [0.29, 0.717) is 29.0 Å². The van der Waals surface area contributed by atoms with Crippen molar-refractivity contribution < 1.29 is 19.1 Å². The van der Waals surface area contributed by atoms with Gasteiger partial charge in [0.1, 0.15) is 18.0 Å². The number of nitrogens with one attached hydrogen (secondary N) is 2. The lowest BCUT2D eigenvalue weighted by atomic mass is 10.1. The molecule has 32 heavy (non-hydrogen) atoms. The zero-order valence-corrected chi connectivity index (χ0v) is 17.2. The van der Waals surface area contributed by atoms with E-state index in [4.69, 9.17) is 11.6 Å². The van der Waals surface area contributed by atoms with Gasteiger partial charge in [0, 0.05) is 23.2 Å². The molecule has 3 aromatic carbocycles. The number of hydrogen-bond acceptors (Lipinski definition) is 5. The van der Waals surface area contributed by atoms with Crippen molar-refractivity contribution in [3.8, 4) is 0 Å². The van der Waals surface area contributed by atoms with Gasteiger partial charge in [0.05, 0.1) is 16.1 Å². The molecule has 0 atom stereocenters. The van der Waals surface area contributed by atoms with Crippen LogP contribution in [0, 0.1) is 5.82 Å². The molecule has 7 nitrogen and oxygen atoms in total. The third-order valence-corrected chi connectivity index (χ3v) is 5.03. The minimum Gasteiger partial charge on any atom is -0.478 e. The largest absolute Gasteiger partial charge is 0.478 e. The number of carbonyl (C=O) groups is 2. The van der Waals surface area contributed by atoms with Crippen LogP contribution >= 0.6 is 11.6 Å². The van der Waals surface area contributed by atoms with Crippen LogP contribution in [0.4, 0.5) is 15.9 Å². The minimum atomic E-state index is -1.07. The van der Waals surface area contributed by atoms with Crippen molar-refractivity contribution in [1.82, 2.24) is 9.97 Å². The summed E-state index contributed by atoms with van der Waals surface area (Å²) in [5, 5.41) is 15.8. The standard InChI is InChI=1S/C23H16ClFN4O3/c24-18-8-7-14(10-19(18)25)22(30)29-15-4-1-3-13(9-15)11-26-21-16-5-2-6-17(23(31)32)20(16)27-12-28-21/h1-10,12H,11H2,(H,29,30)(H,31,32)(H,26,27,28). The highest BCUT2D eigenvalue weighted by Crippen LogP contribution is 2.23. The average molecular weight is 451 g/mol. The molecule has 0 aliphatic rings. The summed E-state index contributed by atoms with van der Waals surface area (Å²) in [6.07, 6.45) is 1.30. The molecule has 0 aliphatic carbocycles. The van der Waals surface area contributed by atoms with Crippen molar-refractivity contribution in [2.75, 3.05) is 10.6 Å². The van der Waals surface area contributed by atoms with Gasteiger partial charge in [0.25, 0.3) is 5.91 Å². The number of fused-ring (bicyclic) bond motifs is 1. The lowest BCUT2D eigenvalue weighted by Crippen LogP contribution is -2.12. The van der Waals surface area contributed by atoms with Crippen LogP contribution in [0.5, 0.6) is 0 Å². The number of aromatic carboxylic acids is 1. The summed E-state index contributed by atoms with van der Waals surface area (Å²) in [4.78, 5) is 32.1. The smallest absolute Gasteiger partial charge is 0.337 e. The van der Waals surface area contributed by atoms with Crippen LogP contribution in [0.15, 0.2) is 67.0 Å². The second kappa shape index (κ2) is 8.99. The Balaban J connectivity index is 1.50. The Kier molecular flexibility index (Phi) is 5.96. The highest BCUT2D eigenvalue weighted by molar-refractivity contribution is 6.30. The average Bonchev–Trinajstić information content (AvgIpc) is 2.79. The van der Waals surface area contributed by atoms with E-state index in [9.17, 15) is 19.1 Å². The number of carboxylic acid groups (broad SMARTS) is 1. The van der Waals surface area contributed by atoms with Crippen LogP contribution in [0.3, 0.4) is 0 Å². The second-order valence-electron chi connectivity index (χ2n) is 6.87. The maximum absolute atomic E-state index is 13.6. The topological polar surface area (TPSA) is 104 Å². The Labute approximate surface area is 186 Å². The third-order valence-electron chi connectivity index (χ3n) is 4.72. The fourth-order valence-corrected chi connectivity index (χ4v) is 3.30. The first kappa shape index (κ1) is 21.2. The Morgan fingerprint density at radius 1 is 1.03 bits per heavy atom. The second-order valence-corrected chi connectivity index (χ2v) is 7.27. The molecule has 4 rings (SSSR count). The molecule has 4 aromatic rings. The molecule has 0 unspecified atom stereocenters. The van der Waals surface area contributed by atoms with Gasteiger partial charge in [-0.3, -0.25) is 4.79 Å². The number of halogens is 2. The van der Waals surface area contributed by atoms with E-state index in [1.165, 1.54) is 24.5 Å². The summed E-state index contributed by atoms with van der Waals surface area (Å²) in [6.45, 7) is 0.364. The first-order valence-corrected chi connectivity index (χ1v) is 9.86. The predicted molar refractivity (Wildman–Crippen MR) is 120 cm³/mol. The van der Waals surface area contributed by atoms with Gasteiger partial charge in [-0.2, -0.15) is 0 Å². The third kappa shape index (κ3) is 4.50. The summed E-state index contributed by atoms with van der Waals surface area (Å²) >= 11 is 5.66. The SMILES string of the molecule is O=C(Nc1cccc(CNc2ncnc3c(C(=O)O)cccc23)c1)c1ccc(Cl)c(F)c1. The van der Waals surface area contributed by atoms with Crippen LogP contribution in [-0.4, -0.2) is 27.0 Å². The van der Waals surface area contributed by atoms with E-state index in [1.54, 1.807) is 30.3 Å². The summed E-state index contributed by atoms with van der Waals surface area (Å²) in [5.74, 6) is -1.71. The van der Waals surface area contributed by atoms with Crippen LogP contribution in [0.1, 0.15) is 26.3 Å². The number of carbonyl (C=O) groups excluding carboxylic acids is 1. The summed E-state index contributed by atoms with van der Waals surface area (Å²) in [5.41, 5.74) is 1.96. The fraction of sp³-hybridized carbons (Fsp3) is 0.0435. The number of nitrogens with zero attached hydrogens (tertiary/aromatic N) is 2. The molecule has 1 aromatic heterocycles. The quantitative estimate of drug-likeness (QED) is 0.382. The van der Waals surface area contributed by atoms with E-state index in [2.05, 4.69) is 20.6 Å². The van der Waals surface area contributed by atoms with Gasteiger partial charge in [-0.15, -0.1) is 0 Å². The van der Waals surface area contributed by atoms with Gasteiger partial charge in [-0.1, -0.05) is 29.8 Å². The highest BCUT2D eigenvalue weighted by Gasteiger charge is 2.13. The maximum atomic E-state index is 13.6. The molecule has 0 aliphatic heterocycles. The van der Waals surface area contributed by atoms with Crippen molar-refractivity contribution in [2.45, 2.75) is 6.54 Å². The first-order valence-electron chi connectivity index (χ1n) is 9.48. The number of anilines is 2. The zero-order valence-electron chi connectivity index (χ0n) is 16.5. The van der Waals surface area contributed by atoms with Gasteiger partial charge in [-0.25, -0.2) is 19.2 Å². The molecule has 1 amide bonds. The Morgan fingerprint density at radius 3 is 2.62 bits per heavy atom. The molecule has 160 valence electrons. The van der Waals surface area contributed by atoms with E-state index < -0.39 is 17.7 Å². The Morgan fingerprint density at radius 2 is 1.84 bits per heavy atom. The minimum absolute atomic E-state index is 0.0534. The lowest BCUT2D eigenvalue weighted by Gasteiger charge is -2.11. The first-order chi connectivity index (χ1) is 15.4. The molecular weight excluding hydrogens is 435 g/mol. The molecule has 0 saturated heterocycles. The summed E-state index contributed by atoms with van der Waals surface area (Å²) < 4.78 is 13.6. The Hall–Kier alpha value is -4.04. The van der Waals surface area contributed by atoms with Crippen LogP contribution in [0.2, 0.25) is 5.02 Å². The number of rotatable bonds is 6.